The molecule has 2 aliphatic heterocycles. The molecule has 4 nitrogen and oxygen atoms in total. The number of anilines is 2. The highest BCUT2D eigenvalue weighted by molar-refractivity contribution is 5.70. The lowest BCUT2D eigenvalue weighted by molar-refractivity contribution is 0.123. The molecule has 0 aromatic heterocycles. The number of benzene rings is 1. The molecule has 0 amide bonds. The Bertz CT molecular complexity index is 459. The largest absolute Gasteiger partial charge is 0.381 e. The van der Waals surface area contributed by atoms with Gasteiger partial charge in [0, 0.05) is 31.7 Å². The van der Waals surface area contributed by atoms with Crippen LogP contribution in [0.5, 0.6) is 0 Å². The van der Waals surface area contributed by atoms with Gasteiger partial charge in [0.1, 0.15) is 0 Å². The van der Waals surface area contributed by atoms with Crippen LogP contribution in [0.15, 0.2) is 24.3 Å². The summed E-state index contributed by atoms with van der Waals surface area (Å²) in [6.07, 6.45) is 2.44. The Hall–Kier alpha value is -1.26. The van der Waals surface area contributed by atoms with E-state index in [0.717, 1.165) is 26.3 Å². The first-order valence-electron chi connectivity index (χ1n) is 8.12. The number of hydrogen-bond donors (Lipinski definition) is 1. The molecule has 1 aromatic carbocycles. The number of rotatable bonds is 3. The fraction of sp³-hybridized carbons (Fsp3) is 0.647. The van der Waals surface area contributed by atoms with Crippen molar-refractivity contribution in [2.24, 2.45) is 0 Å². The van der Waals surface area contributed by atoms with Gasteiger partial charge in [-0.1, -0.05) is 12.1 Å². The summed E-state index contributed by atoms with van der Waals surface area (Å²) < 4.78 is 5.47. The molecule has 0 spiro atoms. The Balaban J connectivity index is 1.70. The molecule has 1 aromatic rings. The summed E-state index contributed by atoms with van der Waals surface area (Å²) in [5, 5.41) is 3.79. The minimum Gasteiger partial charge on any atom is -0.381 e. The normalized spacial score (nSPS) is 27.6. The van der Waals surface area contributed by atoms with E-state index in [1.807, 2.05) is 0 Å². The minimum atomic E-state index is 0.582. The van der Waals surface area contributed by atoms with Gasteiger partial charge in [-0.2, -0.15) is 0 Å². The molecule has 0 bridgehead atoms. The number of nitrogens with one attached hydrogen (secondary N) is 1. The zero-order valence-electron chi connectivity index (χ0n) is 13.2. The molecule has 0 aliphatic carbocycles. The van der Waals surface area contributed by atoms with E-state index in [-0.39, 0.29) is 0 Å². The van der Waals surface area contributed by atoms with Crippen molar-refractivity contribution in [3.63, 3.8) is 0 Å². The summed E-state index contributed by atoms with van der Waals surface area (Å²) in [5.74, 6) is 0. The summed E-state index contributed by atoms with van der Waals surface area (Å²) >= 11 is 0. The molecule has 0 radical (unpaired) electrons. The first-order chi connectivity index (χ1) is 10.2. The van der Waals surface area contributed by atoms with Crippen LogP contribution in [0.3, 0.4) is 0 Å². The molecule has 2 unspecified atom stereocenters. The number of piperidine rings is 1. The SMILES string of the molecule is CC1CC(Nc2ccccc2N2CCOCC2)CCN1C. The number of likely N-dealkylation sites (tertiary alicyclic amines) is 1. The minimum absolute atomic E-state index is 0.582. The van der Waals surface area contributed by atoms with Gasteiger partial charge >= 0.3 is 0 Å². The van der Waals surface area contributed by atoms with Gasteiger partial charge in [0.15, 0.2) is 0 Å². The molecular formula is C17H27N3O. The van der Waals surface area contributed by atoms with Crippen LogP contribution in [0.2, 0.25) is 0 Å². The van der Waals surface area contributed by atoms with Gasteiger partial charge in [0.2, 0.25) is 0 Å². The maximum absolute atomic E-state index is 5.47. The lowest BCUT2D eigenvalue weighted by atomic mass is 9.98. The second kappa shape index (κ2) is 6.67. The fourth-order valence-electron chi connectivity index (χ4n) is 3.32. The van der Waals surface area contributed by atoms with Crippen LogP contribution >= 0.6 is 0 Å². The summed E-state index contributed by atoms with van der Waals surface area (Å²) in [6.45, 7) is 7.14. The molecule has 3 rings (SSSR count). The Morgan fingerprint density at radius 2 is 1.90 bits per heavy atom. The standard InChI is InChI=1S/C17H27N3O/c1-14-13-15(7-8-19(14)2)18-16-5-3-4-6-17(16)20-9-11-21-12-10-20/h3-6,14-15,18H,7-13H2,1-2H3. The van der Waals surface area contributed by atoms with Crippen molar-refractivity contribution in [1.29, 1.82) is 0 Å². The van der Waals surface area contributed by atoms with Crippen molar-refractivity contribution >= 4 is 11.4 Å². The predicted molar refractivity (Wildman–Crippen MR) is 88.2 cm³/mol. The van der Waals surface area contributed by atoms with E-state index in [9.17, 15) is 0 Å². The molecule has 116 valence electrons. The van der Waals surface area contributed by atoms with Crippen LogP contribution in [0, 0.1) is 0 Å². The lowest BCUT2D eigenvalue weighted by Crippen LogP contribution is -2.43. The van der Waals surface area contributed by atoms with Gasteiger partial charge in [-0.15, -0.1) is 0 Å². The Morgan fingerprint density at radius 3 is 2.67 bits per heavy atom. The third kappa shape index (κ3) is 3.50. The topological polar surface area (TPSA) is 27.7 Å². The van der Waals surface area contributed by atoms with Gasteiger partial charge < -0.3 is 19.9 Å². The van der Waals surface area contributed by atoms with Crippen LogP contribution in [0.1, 0.15) is 19.8 Å². The maximum Gasteiger partial charge on any atom is 0.0642 e. The number of hydrogen-bond acceptors (Lipinski definition) is 4. The molecule has 2 atom stereocenters. The van der Waals surface area contributed by atoms with Gasteiger partial charge in [-0.3, -0.25) is 0 Å². The van der Waals surface area contributed by atoms with Crippen molar-refractivity contribution < 1.29 is 4.74 Å². The van der Waals surface area contributed by atoms with Crippen LogP contribution < -0.4 is 10.2 Å². The zero-order chi connectivity index (χ0) is 14.7. The van der Waals surface area contributed by atoms with E-state index in [4.69, 9.17) is 4.74 Å². The highest BCUT2D eigenvalue weighted by atomic mass is 16.5. The number of morpholine rings is 1. The summed E-state index contributed by atoms with van der Waals surface area (Å²) in [6, 6.07) is 9.95. The third-order valence-corrected chi connectivity index (χ3v) is 4.82. The zero-order valence-corrected chi connectivity index (χ0v) is 13.2. The summed E-state index contributed by atoms with van der Waals surface area (Å²) in [5.41, 5.74) is 2.61. The highest BCUT2D eigenvalue weighted by Gasteiger charge is 2.23. The molecule has 2 fully saturated rings. The highest BCUT2D eigenvalue weighted by Crippen LogP contribution is 2.29. The molecular weight excluding hydrogens is 262 g/mol. The van der Waals surface area contributed by atoms with E-state index in [1.54, 1.807) is 0 Å². The van der Waals surface area contributed by atoms with E-state index in [0.29, 0.717) is 12.1 Å². The van der Waals surface area contributed by atoms with Crippen molar-refractivity contribution in [3.8, 4) is 0 Å². The number of nitrogens with zero attached hydrogens (tertiary/aromatic N) is 2. The molecule has 4 heteroatoms. The molecule has 2 aliphatic rings. The first kappa shape index (κ1) is 14.7. The van der Waals surface area contributed by atoms with Crippen molar-refractivity contribution in [1.82, 2.24) is 4.90 Å². The molecule has 2 heterocycles. The van der Waals surface area contributed by atoms with Crippen LogP contribution in [-0.4, -0.2) is 56.9 Å². The van der Waals surface area contributed by atoms with E-state index >= 15 is 0 Å². The van der Waals surface area contributed by atoms with Crippen LogP contribution in [0.4, 0.5) is 11.4 Å². The Kier molecular flexibility index (Phi) is 4.66. The lowest BCUT2D eigenvalue weighted by Gasteiger charge is -2.37. The molecule has 1 N–H and O–H groups in total. The maximum atomic E-state index is 5.47. The van der Waals surface area contributed by atoms with Crippen LogP contribution in [0.25, 0.3) is 0 Å². The molecule has 21 heavy (non-hydrogen) atoms. The molecule has 0 saturated carbocycles. The molecule has 2 saturated heterocycles. The van der Waals surface area contributed by atoms with Gasteiger partial charge in [-0.25, -0.2) is 0 Å². The Morgan fingerprint density at radius 1 is 1.14 bits per heavy atom. The smallest absolute Gasteiger partial charge is 0.0642 e. The van der Waals surface area contributed by atoms with E-state index in [1.165, 1.54) is 30.8 Å². The average Bonchev–Trinajstić information content (AvgIpc) is 2.52. The second-order valence-electron chi connectivity index (χ2n) is 6.31. The first-order valence-corrected chi connectivity index (χ1v) is 8.12. The van der Waals surface area contributed by atoms with Gasteiger partial charge in [0.25, 0.3) is 0 Å². The van der Waals surface area contributed by atoms with Gasteiger partial charge in [-0.05, 0) is 38.9 Å². The third-order valence-electron chi connectivity index (χ3n) is 4.82. The van der Waals surface area contributed by atoms with Crippen molar-refractivity contribution in [3.05, 3.63) is 24.3 Å². The fourth-order valence-corrected chi connectivity index (χ4v) is 3.32. The average molecular weight is 289 g/mol. The van der Waals surface area contributed by atoms with Gasteiger partial charge in [0.05, 0.1) is 24.6 Å². The number of para-hydroxylation sites is 2. The summed E-state index contributed by atoms with van der Waals surface area (Å²) in [4.78, 5) is 4.89. The predicted octanol–water partition coefficient (Wildman–Crippen LogP) is 2.42. The van der Waals surface area contributed by atoms with Crippen molar-refractivity contribution in [2.75, 3.05) is 50.1 Å². The Labute approximate surface area is 128 Å². The van der Waals surface area contributed by atoms with Crippen LogP contribution in [-0.2, 0) is 4.74 Å². The van der Waals surface area contributed by atoms with Crippen molar-refractivity contribution in [2.45, 2.75) is 31.8 Å². The van der Waals surface area contributed by atoms with E-state index in [2.05, 4.69) is 53.4 Å². The monoisotopic (exact) mass is 289 g/mol. The number of ether oxygens (including phenoxy) is 1. The quantitative estimate of drug-likeness (QED) is 0.925. The summed E-state index contributed by atoms with van der Waals surface area (Å²) in [7, 11) is 2.22. The van der Waals surface area contributed by atoms with E-state index < -0.39 is 0 Å². The second-order valence-corrected chi connectivity index (χ2v) is 6.31.